The fourth-order valence-corrected chi connectivity index (χ4v) is 2.76. The van der Waals surface area contributed by atoms with Gasteiger partial charge in [0.15, 0.2) is 0 Å². The van der Waals surface area contributed by atoms with Crippen LogP contribution in [0.1, 0.15) is 18.5 Å². The number of benzene rings is 1. The van der Waals surface area contributed by atoms with Crippen molar-refractivity contribution in [3.8, 4) is 0 Å². The van der Waals surface area contributed by atoms with E-state index in [1.165, 1.54) is 0 Å². The minimum atomic E-state index is -0.639. The van der Waals surface area contributed by atoms with Crippen LogP contribution in [0, 0.1) is 0 Å². The number of urea groups is 1. The van der Waals surface area contributed by atoms with Crippen molar-refractivity contribution < 1.29 is 14.3 Å². The summed E-state index contributed by atoms with van der Waals surface area (Å²) in [7, 11) is 0. The van der Waals surface area contributed by atoms with Gasteiger partial charge in [-0.2, -0.15) is 11.8 Å². The zero-order chi connectivity index (χ0) is 17.0. The third kappa shape index (κ3) is 4.34. The first-order chi connectivity index (χ1) is 10.9. The van der Waals surface area contributed by atoms with Crippen molar-refractivity contribution in [3.63, 3.8) is 0 Å². The number of halogens is 2. The number of hydrogen-bond acceptors (Lipinski definition) is 4. The number of carbonyl (C=O) groups excluding carboxylic acids is 2. The minimum absolute atomic E-state index is 0.304. The van der Waals surface area contributed by atoms with Gasteiger partial charge in [0.2, 0.25) is 0 Å². The second-order valence-electron chi connectivity index (χ2n) is 4.87. The van der Waals surface area contributed by atoms with Crippen LogP contribution in [0.25, 0.3) is 0 Å². The van der Waals surface area contributed by atoms with Gasteiger partial charge in [0.05, 0.1) is 21.7 Å². The molecule has 0 spiro atoms. The third-order valence-corrected chi connectivity index (χ3v) is 4.60. The van der Waals surface area contributed by atoms with Gasteiger partial charge in [0, 0.05) is 11.4 Å². The Morgan fingerprint density at radius 3 is 2.74 bits per heavy atom. The molecule has 1 aromatic rings. The molecular formula is C15H16Cl2N2O3S. The second-order valence-corrected chi connectivity index (χ2v) is 6.67. The average Bonchev–Trinajstić information content (AvgIpc) is 2.49. The van der Waals surface area contributed by atoms with E-state index in [1.54, 1.807) is 36.9 Å². The van der Waals surface area contributed by atoms with Gasteiger partial charge < -0.3 is 15.4 Å². The lowest BCUT2D eigenvalue weighted by molar-refractivity contribution is -0.138. The average molecular weight is 375 g/mol. The molecule has 0 radical (unpaired) electrons. The molecule has 0 fully saturated rings. The monoisotopic (exact) mass is 374 g/mol. The van der Waals surface area contributed by atoms with Crippen LogP contribution in [-0.4, -0.2) is 30.6 Å². The molecule has 1 aromatic carbocycles. The summed E-state index contributed by atoms with van der Waals surface area (Å²) < 4.78 is 5.27. The Morgan fingerprint density at radius 2 is 2.09 bits per heavy atom. The fourth-order valence-electron chi connectivity index (χ4n) is 2.20. The Bertz CT molecular complexity index is 664. The Labute approximate surface area is 148 Å². The predicted molar refractivity (Wildman–Crippen MR) is 92.9 cm³/mol. The van der Waals surface area contributed by atoms with Crippen molar-refractivity contribution in [1.29, 1.82) is 0 Å². The summed E-state index contributed by atoms with van der Waals surface area (Å²) in [6.07, 6.45) is 1.93. The summed E-state index contributed by atoms with van der Waals surface area (Å²) in [4.78, 5) is 24.2. The Balaban J connectivity index is 2.33. The molecule has 5 nitrogen and oxygen atoms in total. The van der Waals surface area contributed by atoms with Gasteiger partial charge in [-0.3, -0.25) is 0 Å². The highest BCUT2D eigenvalue weighted by Gasteiger charge is 2.32. The van der Waals surface area contributed by atoms with Gasteiger partial charge in [-0.25, -0.2) is 9.59 Å². The maximum absolute atomic E-state index is 12.4. The van der Waals surface area contributed by atoms with Crippen molar-refractivity contribution in [1.82, 2.24) is 10.6 Å². The maximum atomic E-state index is 12.4. The Morgan fingerprint density at radius 1 is 1.35 bits per heavy atom. The van der Waals surface area contributed by atoms with Gasteiger partial charge in [-0.05, 0) is 30.9 Å². The van der Waals surface area contributed by atoms with E-state index in [1.807, 2.05) is 6.26 Å². The van der Waals surface area contributed by atoms with E-state index < -0.39 is 12.0 Å². The SMILES string of the molecule is CSCCOC(=O)C1=C(C)NC(=O)N[C@@H]1c1ccc(Cl)c(Cl)c1. The number of carbonyl (C=O) groups is 2. The van der Waals surface area contributed by atoms with E-state index in [4.69, 9.17) is 27.9 Å². The zero-order valence-electron chi connectivity index (χ0n) is 12.6. The molecule has 2 N–H and O–H groups in total. The van der Waals surface area contributed by atoms with Gasteiger partial charge in [-0.15, -0.1) is 0 Å². The molecule has 0 bridgehead atoms. The van der Waals surface area contributed by atoms with Crippen LogP contribution in [0.3, 0.4) is 0 Å². The van der Waals surface area contributed by atoms with Crippen molar-refractivity contribution >= 4 is 47.0 Å². The van der Waals surface area contributed by atoms with Crippen LogP contribution < -0.4 is 10.6 Å². The second kappa shape index (κ2) is 7.95. The lowest BCUT2D eigenvalue weighted by Crippen LogP contribution is -2.45. The number of thioether (sulfide) groups is 1. The van der Waals surface area contributed by atoms with E-state index in [2.05, 4.69) is 10.6 Å². The highest BCUT2D eigenvalue weighted by Crippen LogP contribution is 2.31. The number of allylic oxidation sites excluding steroid dienone is 1. The highest BCUT2D eigenvalue weighted by atomic mass is 35.5. The number of esters is 1. The number of amides is 2. The minimum Gasteiger partial charge on any atom is -0.461 e. The summed E-state index contributed by atoms with van der Waals surface area (Å²) >= 11 is 13.5. The van der Waals surface area contributed by atoms with Gasteiger partial charge >= 0.3 is 12.0 Å². The number of ether oxygens (including phenoxy) is 1. The van der Waals surface area contributed by atoms with E-state index in [0.717, 1.165) is 0 Å². The van der Waals surface area contributed by atoms with Crippen LogP contribution in [0.15, 0.2) is 29.5 Å². The molecule has 0 saturated carbocycles. The fraction of sp³-hybridized carbons (Fsp3) is 0.333. The van der Waals surface area contributed by atoms with Crippen molar-refractivity contribution in [2.75, 3.05) is 18.6 Å². The summed E-state index contributed by atoms with van der Waals surface area (Å²) in [5.74, 6) is 0.232. The molecule has 1 heterocycles. The van der Waals surface area contributed by atoms with E-state index in [9.17, 15) is 9.59 Å². The van der Waals surface area contributed by atoms with Crippen molar-refractivity contribution in [2.45, 2.75) is 13.0 Å². The summed E-state index contributed by atoms with van der Waals surface area (Å²) in [5, 5.41) is 6.06. The predicted octanol–water partition coefficient (Wildman–Crippen LogP) is 3.53. The highest BCUT2D eigenvalue weighted by molar-refractivity contribution is 7.98. The molecule has 23 heavy (non-hydrogen) atoms. The summed E-state index contributed by atoms with van der Waals surface area (Å²) in [6.45, 7) is 1.97. The van der Waals surface area contributed by atoms with E-state index >= 15 is 0 Å². The number of hydrogen-bond donors (Lipinski definition) is 2. The molecule has 2 rings (SSSR count). The maximum Gasteiger partial charge on any atom is 0.338 e. The van der Waals surface area contributed by atoms with Crippen LogP contribution in [0.5, 0.6) is 0 Å². The molecule has 0 aliphatic carbocycles. The molecule has 124 valence electrons. The topological polar surface area (TPSA) is 67.4 Å². The van der Waals surface area contributed by atoms with Crippen molar-refractivity contribution in [2.24, 2.45) is 0 Å². The first-order valence-electron chi connectivity index (χ1n) is 6.83. The molecule has 0 aromatic heterocycles. The lowest BCUT2D eigenvalue weighted by Gasteiger charge is -2.28. The smallest absolute Gasteiger partial charge is 0.338 e. The van der Waals surface area contributed by atoms with Gasteiger partial charge in [0.25, 0.3) is 0 Å². The van der Waals surface area contributed by atoms with Crippen LogP contribution >= 0.6 is 35.0 Å². The normalized spacial score (nSPS) is 17.6. The molecule has 1 aliphatic heterocycles. The van der Waals surface area contributed by atoms with Crippen LogP contribution in [0.4, 0.5) is 4.79 Å². The third-order valence-electron chi connectivity index (χ3n) is 3.29. The van der Waals surface area contributed by atoms with E-state index in [-0.39, 0.29) is 6.03 Å². The Kier molecular flexibility index (Phi) is 6.21. The van der Waals surface area contributed by atoms with E-state index in [0.29, 0.717) is 39.2 Å². The molecule has 2 amide bonds. The largest absolute Gasteiger partial charge is 0.461 e. The zero-order valence-corrected chi connectivity index (χ0v) is 14.9. The summed E-state index contributed by atoms with van der Waals surface area (Å²) in [5.41, 5.74) is 1.47. The standard InChI is InChI=1S/C15H16Cl2N2O3S/c1-8-12(14(20)22-5-6-23-2)13(19-15(21)18-8)9-3-4-10(16)11(17)7-9/h3-4,7,13H,5-6H2,1-2H3,(H2,18,19,21)/t13-/m1/s1. The molecule has 0 saturated heterocycles. The number of nitrogens with one attached hydrogen (secondary N) is 2. The Hall–Kier alpha value is -1.37. The van der Waals surface area contributed by atoms with Gasteiger partial charge in [0.1, 0.15) is 6.61 Å². The molecule has 1 aliphatic rings. The molecule has 1 atom stereocenters. The molecule has 0 unspecified atom stereocenters. The van der Waals surface area contributed by atoms with Crippen molar-refractivity contribution in [3.05, 3.63) is 45.1 Å². The summed E-state index contributed by atoms with van der Waals surface area (Å²) in [6, 6.07) is 3.94. The van der Waals surface area contributed by atoms with Crippen LogP contribution in [-0.2, 0) is 9.53 Å². The quantitative estimate of drug-likeness (QED) is 0.610. The first-order valence-corrected chi connectivity index (χ1v) is 8.98. The lowest BCUT2D eigenvalue weighted by atomic mass is 9.95. The van der Waals surface area contributed by atoms with Gasteiger partial charge in [-0.1, -0.05) is 29.3 Å². The first kappa shape index (κ1) is 18.0. The number of rotatable bonds is 5. The molecular weight excluding hydrogens is 359 g/mol. The van der Waals surface area contributed by atoms with Crippen LogP contribution in [0.2, 0.25) is 10.0 Å². The molecule has 8 heteroatoms.